The number of halogens is 1. The van der Waals surface area contributed by atoms with Crippen molar-refractivity contribution < 1.29 is 4.39 Å². The van der Waals surface area contributed by atoms with E-state index >= 15 is 0 Å². The Labute approximate surface area is 145 Å². The molecule has 0 saturated carbocycles. The van der Waals surface area contributed by atoms with Gasteiger partial charge in [-0.05, 0) is 42.0 Å². The maximum atomic E-state index is 13.0. The fourth-order valence-corrected chi connectivity index (χ4v) is 3.40. The Kier molecular flexibility index (Phi) is 4.24. The Morgan fingerprint density at radius 3 is 2.48 bits per heavy atom. The number of nitrogens with zero attached hydrogens (tertiary/aromatic N) is 2. The second-order valence-electron chi connectivity index (χ2n) is 6.46. The second kappa shape index (κ2) is 6.69. The number of pyridine rings is 1. The lowest BCUT2D eigenvalue weighted by molar-refractivity contribution is 0.250. The third kappa shape index (κ3) is 3.42. The van der Waals surface area contributed by atoms with Crippen LogP contribution in [0.15, 0.2) is 59.5 Å². The highest BCUT2D eigenvalue weighted by atomic mass is 19.1. The summed E-state index contributed by atoms with van der Waals surface area (Å²) in [6.45, 7) is 4.64. The van der Waals surface area contributed by atoms with Crippen molar-refractivity contribution in [3.05, 3.63) is 76.3 Å². The molecule has 1 saturated heterocycles. The molecule has 1 aliphatic rings. The van der Waals surface area contributed by atoms with Gasteiger partial charge < -0.3 is 9.88 Å². The number of aromatic amines is 1. The van der Waals surface area contributed by atoms with E-state index in [1.807, 2.05) is 24.3 Å². The molecule has 0 atom stereocenters. The van der Waals surface area contributed by atoms with E-state index in [0.717, 1.165) is 49.3 Å². The van der Waals surface area contributed by atoms with Gasteiger partial charge in [-0.2, -0.15) is 0 Å². The lowest BCUT2D eigenvalue weighted by Gasteiger charge is -2.36. The average molecular weight is 337 g/mol. The van der Waals surface area contributed by atoms with Crippen LogP contribution in [-0.2, 0) is 6.54 Å². The Morgan fingerprint density at radius 1 is 0.960 bits per heavy atom. The van der Waals surface area contributed by atoms with Gasteiger partial charge >= 0.3 is 0 Å². The lowest BCUT2D eigenvalue weighted by Crippen LogP contribution is -2.45. The summed E-state index contributed by atoms with van der Waals surface area (Å²) in [5, 5.41) is 0.729. The maximum Gasteiger partial charge on any atom is 0.189 e. The molecular formula is C20H20FN3O. The van der Waals surface area contributed by atoms with Crippen LogP contribution in [0.3, 0.4) is 0 Å². The molecular weight excluding hydrogens is 317 g/mol. The van der Waals surface area contributed by atoms with Crippen molar-refractivity contribution in [3.63, 3.8) is 0 Å². The standard InChI is InChI=1S/C20H20FN3O/c21-16-2-4-17(5-3-16)24-11-9-23(10-12-24)14-15-1-6-18-19(13-15)22-8-7-20(18)25/h1-8,13H,9-12,14H2,(H,22,25). The number of anilines is 1. The van der Waals surface area contributed by atoms with Gasteiger partial charge in [-0.3, -0.25) is 9.69 Å². The molecule has 1 aromatic heterocycles. The van der Waals surface area contributed by atoms with Crippen LogP contribution in [0.25, 0.3) is 10.9 Å². The first kappa shape index (κ1) is 15.8. The molecule has 0 unspecified atom stereocenters. The summed E-state index contributed by atoms with van der Waals surface area (Å²) in [7, 11) is 0. The minimum atomic E-state index is -0.197. The molecule has 0 bridgehead atoms. The average Bonchev–Trinajstić information content (AvgIpc) is 2.63. The van der Waals surface area contributed by atoms with E-state index in [9.17, 15) is 9.18 Å². The first-order valence-corrected chi connectivity index (χ1v) is 8.52. The molecule has 1 aliphatic heterocycles. The number of fused-ring (bicyclic) bond motifs is 1. The molecule has 2 heterocycles. The molecule has 0 spiro atoms. The number of aromatic nitrogens is 1. The summed E-state index contributed by atoms with van der Waals surface area (Å²) in [6, 6.07) is 14.2. The van der Waals surface area contributed by atoms with E-state index in [1.165, 1.54) is 17.7 Å². The smallest absolute Gasteiger partial charge is 0.189 e. The van der Waals surface area contributed by atoms with Gasteiger partial charge in [-0.25, -0.2) is 4.39 Å². The van der Waals surface area contributed by atoms with Crippen LogP contribution in [0.4, 0.5) is 10.1 Å². The van der Waals surface area contributed by atoms with E-state index in [4.69, 9.17) is 0 Å². The monoisotopic (exact) mass is 337 g/mol. The van der Waals surface area contributed by atoms with Crippen LogP contribution in [-0.4, -0.2) is 36.1 Å². The van der Waals surface area contributed by atoms with Crippen molar-refractivity contribution >= 4 is 16.6 Å². The van der Waals surface area contributed by atoms with Gasteiger partial charge in [-0.1, -0.05) is 6.07 Å². The molecule has 4 nitrogen and oxygen atoms in total. The molecule has 4 rings (SSSR count). The second-order valence-corrected chi connectivity index (χ2v) is 6.46. The molecule has 0 aliphatic carbocycles. The zero-order valence-electron chi connectivity index (χ0n) is 13.9. The van der Waals surface area contributed by atoms with Gasteiger partial charge in [0.25, 0.3) is 0 Å². The van der Waals surface area contributed by atoms with Gasteiger partial charge in [0, 0.05) is 61.6 Å². The van der Waals surface area contributed by atoms with Crippen molar-refractivity contribution in [1.29, 1.82) is 0 Å². The van der Waals surface area contributed by atoms with Crippen molar-refractivity contribution in [1.82, 2.24) is 9.88 Å². The number of benzene rings is 2. The van der Waals surface area contributed by atoms with Gasteiger partial charge in [0.15, 0.2) is 5.43 Å². The minimum absolute atomic E-state index is 0.0493. The van der Waals surface area contributed by atoms with Gasteiger partial charge in [0.2, 0.25) is 0 Å². The zero-order chi connectivity index (χ0) is 17.2. The van der Waals surface area contributed by atoms with Crippen molar-refractivity contribution in [2.45, 2.75) is 6.54 Å². The van der Waals surface area contributed by atoms with E-state index in [1.54, 1.807) is 12.3 Å². The highest BCUT2D eigenvalue weighted by molar-refractivity contribution is 5.78. The lowest BCUT2D eigenvalue weighted by atomic mass is 10.1. The number of hydrogen-bond acceptors (Lipinski definition) is 3. The topological polar surface area (TPSA) is 39.3 Å². The van der Waals surface area contributed by atoms with Gasteiger partial charge in [-0.15, -0.1) is 0 Å². The zero-order valence-corrected chi connectivity index (χ0v) is 13.9. The highest BCUT2D eigenvalue weighted by Crippen LogP contribution is 2.18. The Bertz CT molecular complexity index is 928. The van der Waals surface area contributed by atoms with Crippen LogP contribution in [0.5, 0.6) is 0 Å². The number of rotatable bonds is 3. The predicted octanol–water partition coefficient (Wildman–Crippen LogP) is 2.99. The number of nitrogens with one attached hydrogen (secondary N) is 1. The minimum Gasteiger partial charge on any atom is -0.369 e. The normalized spacial score (nSPS) is 15.6. The first-order chi connectivity index (χ1) is 12.2. The quantitative estimate of drug-likeness (QED) is 0.799. The summed E-state index contributed by atoms with van der Waals surface area (Å²) in [4.78, 5) is 19.6. The van der Waals surface area contributed by atoms with Crippen LogP contribution in [0.2, 0.25) is 0 Å². The van der Waals surface area contributed by atoms with Crippen LogP contribution in [0, 0.1) is 5.82 Å². The molecule has 0 amide bonds. The summed E-state index contributed by atoms with van der Waals surface area (Å²) in [6.07, 6.45) is 1.69. The largest absolute Gasteiger partial charge is 0.369 e. The molecule has 2 aromatic carbocycles. The fraction of sp³-hybridized carbons (Fsp3) is 0.250. The van der Waals surface area contributed by atoms with E-state index in [-0.39, 0.29) is 11.2 Å². The predicted molar refractivity (Wildman–Crippen MR) is 98.5 cm³/mol. The highest BCUT2D eigenvalue weighted by Gasteiger charge is 2.17. The van der Waals surface area contributed by atoms with Crippen molar-refractivity contribution in [3.8, 4) is 0 Å². The summed E-state index contributed by atoms with van der Waals surface area (Å²) in [5.41, 5.74) is 3.21. The number of piperazine rings is 1. The molecule has 128 valence electrons. The third-order valence-electron chi connectivity index (χ3n) is 4.79. The van der Waals surface area contributed by atoms with Crippen LogP contribution >= 0.6 is 0 Å². The Balaban J connectivity index is 1.41. The molecule has 25 heavy (non-hydrogen) atoms. The fourth-order valence-electron chi connectivity index (χ4n) is 3.40. The number of H-pyrrole nitrogens is 1. The molecule has 1 fully saturated rings. The van der Waals surface area contributed by atoms with Gasteiger partial charge in [0.05, 0.1) is 0 Å². The van der Waals surface area contributed by atoms with Crippen LogP contribution < -0.4 is 10.3 Å². The summed E-state index contributed by atoms with van der Waals surface area (Å²) >= 11 is 0. The van der Waals surface area contributed by atoms with E-state index in [0.29, 0.717) is 0 Å². The molecule has 0 radical (unpaired) electrons. The van der Waals surface area contributed by atoms with Crippen molar-refractivity contribution in [2.75, 3.05) is 31.1 Å². The van der Waals surface area contributed by atoms with Gasteiger partial charge in [0.1, 0.15) is 5.82 Å². The Hall–Kier alpha value is -2.66. The summed E-state index contributed by atoms with van der Waals surface area (Å²) < 4.78 is 13.0. The summed E-state index contributed by atoms with van der Waals surface area (Å²) in [5.74, 6) is -0.197. The number of hydrogen-bond donors (Lipinski definition) is 1. The third-order valence-corrected chi connectivity index (χ3v) is 4.79. The first-order valence-electron chi connectivity index (χ1n) is 8.52. The Morgan fingerprint density at radius 2 is 1.72 bits per heavy atom. The SMILES string of the molecule is O=c1cc[nH]c2cc(CN3CCN(c4ccc(F)cc4)CC3)ccc12. The van der Waals surface area contributed by atoms with Crippen LogP contribution in [0.1, 0.15) is 5.56 Å². The molecule has 1 N–H and O–H groups in total. The van der Waals surface area contributed by atoms with E-state index < -0.39 is 0 Å². The van der Waals surface area contributed by atoms with E-state index in [2.05, 4.69) is 20.9 Å². The van der Waals surface area contributed by atoms with Crippen molar-refractivity contribution in [2.24, 2.45) is 0 Å². The molecule has 3 aromatic rings. The maximum absolute atomic E-state index is 13.0. The molecule has 5 heteroatoms.